The number of furan rings is 1. The topological polar surface area (TPSA) is 74.1 Å². The van der Waals surface area contributed by atoms with E-state index in [1.54, 1.807) is 43.3 Å². The number of benzene rings is 1. The Morgan fingerprint density at radius 1 is 1.12 bits per heavy atom. The lowest BCUT2D eigenvalue weighted by molar-refractivity contribution is 0.426. The van der Waals surface area contributed by atoms with Crippen molar-refractivity contribution in [3.63, 3.8) is 0 Å². The average molecular weight is 351 g/mol. The first-order valence-corrected chi connectivity index (χ1v) is 7.95. The summed E-state index contributed by atoms with van der Waals surface area (Å²) in [5, 5.41) is 8.25. The molecule has 7 heteroatoms. The standard InChI is InChI=1S/C19H14FN3O3/c1-12-9-17(26-22-12)14-10-18(24)23(11-13-5-2-3-6-15(13)20)21-19(14)16-7-4-8-25-16/h2-10H,11H2,1H3. The van der Waals surface area contributed by atoms with Crippen LogP contribution in [0.25, 0.3) is 22.8 Å². The second-order valence-electron chi connectivity index (χ2n) is 5.80. The molecule has 0 radical (unpaired) electrons. The maximum atomic E-state index is 13.9. The van der Waals surface area contributed by atoms with Gasteiger partial charge in [0.1, 0.15) is 11.5 Å². The molecule has 0 aliphatic heterocycles. The number of nitrogens with zero attached hydrogens (tertiary/aromatic N) is 3. The van der Waals surface area contributed by atoms with E-state index in [0.29, 0.717) is 34.0 Å². The van der Waals surface area contributed by atoms with Crippen molar-refractivity contribution in [1.82, 2.24) is 14.9 Å². The van der Waals surface area contributed by atoms with Crippen LogP contribution < -0.4 is 5.56 Å². The van der Waals surface area contributed by atoms with Crippen molar-refractivity contribution >= 4 is 0 Å². The van der Waals surface area contributed by atoms with Crippen LogP contribution in [0, 0.1) is 12.7 Å². The third-order valence-corrected chi connectivity index (χ3v) is 3.92. The summed E-state index contributed by atoms with van der Waals surface area (Å²) in [7, 11) is 0. The number of aryl methyl sites for hydroxylation is 1. The monoisotopic (exact) mass is 351 g/mol. The van der Waals surface area contributed by atoms with Crippen molar-refractivity contribution in [3.05, 3.63) is 82.2 Å². The summed E-state index contributed by atoms with van der Waals surface area (Å²) in [6.45, 7) is 1.79. The molecular formula is C19H14FN3O3. The molecule has 0 aliphatic rings. The summed E-state index contributed by atoms with van der Waals surface area (Å²) < 4.78 is 25.9. The fraction of sp³-hybridized carbons (Fsp3) is 0.105. The molecule has 0 bridgehead atoms. The van der Waals surface area contributed by atoms with E-state index in [2.05, 4.69) is 10.3 Å². The number of rotatable bonds is 4. The van der Waals surface area contributed by atoms with Gasteiger partial charge in [0, 0.05) is 17.7 Å². The lowest BCUT2D eigenvalue weighted by atomic mass is 10.1. The summed E-state index contributed by atoms with van der Waals surface area (Å²) in [6, 6.07) is 12.8. The van der Waals surface area contributed by atoms with E-state index in [1.165, 1.54) is 23.1 Å². The highest BCUT2D eigenvalue weighted by molar-refractivity contribution is 5.74. The molecule has 0 saturated carbocycles. The molecule has 130 valence electrons. The van der Waals surface area contributed by atoms with Crippen molar-refractivity contribution in [3.8, 4) is 22.8 Å². The van der Waals surface area contributed by atoms with Crippen LogP contribution in [0.5, 0.6) is 0 Å². The highest BCUT2D eigenvalue weighted by atomic mass is 19.1. The SMILES string of the molecule is Cc1cc(-c2cc(=O)n(Cc3ccccc3F)nc2-c2ccco2)on1. The van der Waals surface area contributed by atoms with Crippen molar-refractivity contribution in [2.45, 2.75) is 13.5 Å². The minimum atomic E-state index is -0.393. The number of halogens is 1. The molecule has 0 atom stereocenters. The molecular weight excluding hydrogens is 337 g/mol. The van der Waals surface area contributed by atoms with E-state index in [4.69, 9.17) is 8.94 Å². The molecule has 0 amide bonds. The molecule has 4 aromatic rings. The highest BCUT2D eigenvalue weighted by Gasteiger charge is 2.18. The van der Waals surface area contributed by atoms with Crippen LogP contribution in [0.2, 0.25) is 0 Å². The number of hydrogen-bond acceptors (Lipinski definition) is 5. The highest BCUT2D eigenvalue weighted by Crippen LogP contribution is 2.29. The molecule has 0 unspecified atom stereocenters. The first kappa shape index (κ1) is 16.0. The number of hydrogen-bond donors (Lipinski definition) is 0. The molecule has 26 heavy (non-hydrogen) atoms. The van der Waals surface area contributed by atoms with Gasteiger partial charge in [0.05, 0.1) is 24.1 Å². The first-order valence-electron chi connectivity index (χ1n) is 7.95. The first-order chi connectivity index (χ1) is 12.6. The normalized spacial score (nSPS) is 11.0. The molecule has 0 aliphatic carbocycles. The van der Waals surface area contributed by atoms with Crippen molar-refractivity contribution < 1.29 is 13.3 Å². The Balaban J connectivity index is 1.86. The molecule has 3 aromatic heterocycles. The molecule has 4 rings (SSSR count). The van der Waals surface area contributed by atoms with Crippen LogP contribution in [0.15, 0.2) is 68.5 Å². The minimum Gasteiger partial charge on any atom is -0.463 e. The van der Waals surface area contributed by atoms with Crippen LogP contribution in [0.3, 0.4) is 0 Å². The Labute approximate surface area is 147 Å². The molecule has 3 heterocycles. The second kappa shape index (κ2) is 6.44. The zero-order valence-corrected chi connectivity index (χ0v) is 13.8. The Morgan fingerprint density at radius 2 is 1.96 bits per heavy atom. The molecule has 0 fully saturated rings. The smallest absolute Gasteiger partial charge is 0.267 e. The van der Waals surface area contributed by atoms with Crippen molar-refractivity contribution in [2.24, 2.45) is 0 Å². The second-order valence-corrected chi connectivity index (χ2v) is 5.80. The van der Waals surface area contributed by atoms with Crippen LogP contribution in [0.1, 0.15) is 11.3 Å². The van der Waals surface area contributed by atoms with E-state index in [0.717, 1.165) is 0 Å². The molecule has 0 spiro atoms. The van der Waals surface area contributed by atoms with Crippen LogP contribution in [-0.4, -0.2) is 14.9 Å². The van der Waals surface area contributed by atoms with Crippen molar-refractivity contribution in [2.75, 3.05) is 0 Å². The van der Waals surface area contributed by atoms with Crippen LogP contribution in [-0.2, 0) is 6.54 Å². The zero-order chi connectivity index (χ0) is 18.1. The van der Waals surface area contributed by atoms with Gasteiger partial charge in [-0.1, -0.05) is 23.4 Å². The summed E-state index contributed by atoms with van der Waals surface area (Å²) >= 11 is 0. The van der Waals surface area contributed by atoms with E-state index < -0.39 is 5.82 Å². The van der Waals surface area contributed by atoms with Gasteiger partial charge in [0.15, 0.2) is 11.5 Å². The summed E-state index contributed by atoms with van der Waals surface area (Å²) in [4.78, 5) is 12.5. The van der Waals surface area contributed by atoms with E-state index in [-0.39, 0.29) is 12.1 Å². The van der Waals surface area contributed by atoms with Gasteiger partial charge in [-0.05, 0) is 25.1 Å². The largest absolute Gasteiger partial charge is 0.463 e. The third kappa shape index (κ3) is 2.95. The average Bonchev–Trinajstić information content (AvgIpc) is 3.30. The maximum Gasteiger partial charge on any atom is 0.267 e. The fourth-order valence-corrected chi connectivity index (χ4v) is 2.67. The molecule has 6 nitrogen and oxygen atoms in total. The van der Waals surface area contributed by atoms with Gasteiger partial charge in [-0.3, -0.25) is 4.79 Å². The zero-order valence-electron chi connectivity index (χ0n) is 13.8. The predicted octanol–water partition coefficient (Wildman–Crippen LogP) is 3.65. The lowest BCUT2D eigenvalue weighted by Gasteiger charge is -2.10. The summed E-state index contributed by atoms with van der Waals surface area (Å²) in [5.41, 5.74) is 1.56. The lowest BCUT2D eigenvalue weighted by Crippen LogP contribution is -2.24. The maximum absolute atomic E-state index is 13.9. The molecule has 0 saturated heterocycles. The molecule has 1 aromatic carbocycles. The van der Waals surface area contributed by atoms with Gasteiger partial charge in [-0.25, -0.2) is 9.07 Å². The Hall–Kier alpha value is -3.48. The summed E-state index contributed by atoms with van der Waals surface area (Å²) in [6.07, 6.45) is 1.51. The van der Waals surface area contributed by atoms with E-state index >= 15 is 0 Å². The van der Waals surface area contributed by atoms with Crippen LogP contribution in [0.4, 0.5) is 4.39 Å². The van der Waals surface area contributed by atoms with Gasteiger partial charge < -0.3 is 8.94 Å². The minimum absolute atomic E-state index is 0.00886. The van der Waals surface area contributed by atoms with Gasteiger partial charge in [0.25, 0.3) is 5.56 Å². The third-order valence-electron chi connectivity index (χ3n) is 3.92. The Bertz CT molecular complexity index is 1110. The van der Waals surface area contributed by atoms with Gasteiger partial charge in [-0.2, -0.15) is 5.10 Å². The van der Waals surface area contributed by atoms with E-state index in [1.807, 2.05) is 0 Å². The van der Waals surface area contributed by atoms with Gasteiger partial charge in [-0.15, -0.1) is 0 Å². The quantitative estimate of drug-likeness (QED) is 0.561. The Morgan fingerprint density at radius 3 is 2.65 bits per heavy atom. The van der Waals surface area contributed by atoms with Crippen LogP contribution >= 0.6 is 0 Å². The summed E-state index contributed by atoms with van der Waals surface area (Å²) in [5.74, 6) is 0.489. The van der Waals surface area contributed by atoms with Gasteiger partial charge >= 0.3 is 0 Å². The number of aromatic nitrogens is 3. The predicted molar refractivity (Wildman–Crippen MR) is 91.9 cm³/mol. The Kier molecular flexibility index (Phi) is 3.96. The fourth-order valence-electron chi connectivity index (χ4n) is 2.67. The van der Waals surface area contributed by atoms with E-state index in [9.17, 15) is 9.18 Å². The van der Waals surface area contributed by atoms with Crippen molar-refractivity contribution in [1.29, 1.82) is 0 Å². The van der Waals surface area contributed by atoms with Gasteiger partial charge in [0.2, 0.25) is 0 Å². The molecule has 0 N–H and O–H groups in total.